The van der Waals surface area contributed by atoms with Crippen LogP contribution in [-0.4, -0.2) is 80.6 Å². The van der Waals surface area contributed by atoms with Gasteiger partial charge in [0.2, 0.25) is 0 Å². The van der Waals surface area contributed by atoms with Crippen LogP contribution >= 0.6 is 0 Å². The van der Waals surface area contributed by atoms with E-state index in [4.69, 9.17) is 14.2 Å². The third-order valence-electron chi connectivity index (χ3n) is 7.41. The van der Waals surface area contributed by atoms with Crippen molar-refractivity contribution in [3.63, 3.8) is 0 Å². The molecule has 0 spiro atoms. The Balaban J connectivity index is 3.99. The molecule has 0 amide bonds. The van der Waals surface area contributed by atoms with Gasteiger partial charge in [0.25, 0.3) is 0 Å². The number of rotatable bonds is 29. The van der Waals surface area contributed by atoms with Crippen molar-refractivity contribution >= 4 is 17.9 Å². The summed E-state index contributed by atoms with van der Waals surface area (Å²) >= 11 is 0. The van der Waals surface area contributed by atoms with E-state index in [0.29, 0.717) is 12.8 Å². The zero-order chi connectivity index (χ0) is 32.2. The predicted octanol–water partition coefficient (Wildman–Crippen LogP) is 7.79. The first-order valence-corrected chi connectivity index (χ1v) is 16.9. The number of carbonyl (C=O) groups is 3. The number of carboxylic acid groups (broad SMARTS) is 1. The van der Waals surface area contributed by atoms with Gasteiger partial charge in [-0.3, -0.25) is 9.59 Å². The highest BCUT2D eigenvalue weighted by atomic mass is 16.6. The third kappa shape index (κ3) is 26.0. The summed E-state index contributed by atoms with van der Waals surface area (Å²) in [5.74, 6) is -1.58. The zero-order valence-electron chi connectivity index (χ0n) is 28.2. The minimum Gasteiger partial charge on any atom is -0.477 e. The summed E-state index contributed by atoms with van der Waals surface area (Å²) in [5.41, 5.74) is 0. The van der Waals surface area contributed by atoms with Crippen molar-refractivity contribution in [3.05, 3.63) is 24.3 Å². The second-order valence-electron chi connectivity index (χ2n) is 12.4. The summed E-state index contributed by atoms with van der Waals surface area (Å²) in [5, 5.41) is 9.46. The predicted molar refractivity (Wildman–Crippen MR) is 174 cm³/mol. The molecule has 0 aliphatic carbocycles. The van der Waals surface area contributed by atoms with Crippen LogP contribution in [-0.2, 0) is 28.6 Å². The molecule has 0 rings (SSSR count). The van der Waals surface area contributed by atoms with Gasteiger partial charge in [-0.05, 0) is 38.5 Å². The van der Waals surface area contributed by atoms with Gasteiger partial charge in [0, 0.05) is 19.3 Å². The van der Waals surface area contributed by atoms with E-state index in [9.17, 15) is 19.5 Å². The lowest BCUT2D eigenvalue weighted by Crippen LogP contribution is -2.50. The number of allylic oxidation sites excluding steroid dienone is 4. The van der Waals surface area contributed by atoms with Crippen molar-refractivity contribution in [1.82, 2.24) is 0 Å². The summed E-state index contributed by atoms with van der Waals surface area (Å²) in [4.78, 5) is 35.5. The highest BCUT2D eigenvalue weighted by Crippen LogP contribution is 2.13. The van der Waals surface area contributed by atoms with Crippen molar-refractivity contribution < 1.29 is 38.2 Å². The Kier molecular flexibility index (Phi) is 26.0. The number of likely N-dealkylation sites (N-methyl/N-ethyl adjacent to an activating group) is 1. The molecule has 0 aliphatic rings. The molecule has 0 aliphatic heterocycles. The monoisotopic (exact) mass is 610 g/mol. The molecule has 8 nitrogen and oxygen atoms in total. The maximum Gasteiger partial charge on any atom is 0.362 e. The zero-order valence-corrected chi connectivity index (χ0v) is 28.2. The van der Waals surface area contributed by atoms with Gasteiger partial charge in [0.1, 0.15) is 6.61 Å². The Labute approximate surface area is 262 Å². The smallest absolute Gasteiger partial charge is 0.362 e. The van der Waals surface area contributed by atoms with E-state index in [2.05, 4.69) is 31.2 Å². The Morgan fingerprint density at radius 1 is 0.721 bits per heavy atom. The van der Waals surface area contributed by atoms with Gasteiger partial charge in [-0.15, -0.1) is 0 Å². The van der Waals surface area contributed by atoms with Crippen LogP contribution in [0.15, 0.2) is 24.3 Å². The van der Waals surface area contributed by atoms with Crippen molar-refractivity contribution in [2.75, 3.05) is 41.0 Å². The number of esters is 2. The Morgan fingerprint density at radius 2 is 1.28 bits per heavy atom. The van der Waals surface area contributed by atoms with Crippen LogP contribution in [0.25, 0.3) is 0 Å². The fourth-order valence-corrected chi connectivity index (χ4v) is 4.69. The molecule has 0 radical (unpaired) electrons. The van der Waals surface area contributed by atoms with E-state index in [0.717, 1.165) is 25.7 Å². The van der Waals surface area contributed by atoms with Gasteiger partial charge in [0.05, 0.1) is 34.4 Å². The summed E-state index contributed by atoms with van der Waals surface area (Å²) in [7, 11) is 5.47. The topological polar surface area (TPSA) is 99.1 Å². The molecule has 2 unspecified atom stereocenters. The Morgan fingerprint density at radius 3 is 1.81 bits per heavy atom. The molecule has 0 bridgehead atoms. The van der Waals surface area contributed by atoms with Gasteiger partial charge >= 0.3 is 17.9 Å². The van der Waals surface area contributed by atoms with Crippen molar-refractivity contribution in [1.29, 1.82) is 0 Å². The summed E-state index contributed by atoms with van der Waals surface area (Å²) < 4.78 is 16.6. The molecule has 8 heteroatoms. The largest absolute Gasteiger partial charge is 0.477 e. The van der Waals surface area contributed by atoms with Crippen molar-refractivity contribution in [2.45, 2.75) is 142 Å². The minimum atomic E-state index is -0.883. The minimum absolute atomic E-state index is 0.0546. The van der Waals surface area contributed by atoms with E-state index in [1.165, 1.54) is 70.6 Å². The number of hydrogen-bond acceptors (Lipinski definition) is 6. The van der Waals surface area contributed by atoms with Crippen molar-refractivity contribution in [3.8, 4) is 0 Å². The number of unbranched alkanes of at least 4 members (excludes halogenated alkanes) is 12. The quantitative estimate of drug-likeness (QED) is 0.0399. The molecule has 0 fully saturated rings. The van der Waals surface area contributed by atoms with Gasteiger partial charge < -0.3 is 23.8 Å². The molecule has 0 aromatic carbocycles. The van der Waals surface area contributed by atoms with Crippen molar-refractivity contribution in [2.24, 2.45) is 0 Å². The number of carbonyl (C=O) groups excluding carboxylic acids is 2. The standard InChI is InChI=1S/C35H63NO7/c1-6-8-9-10-11-12-13-14-15-16-17-18-19-20-21-22-23-24-25-26-34(38)43-31(30-42-33(37)7-2)29-41-28-27-32(35(39)40)36(3,4)5/h11-12,14-15,31-32H,6-10,13,16-30H2,1-5H3/p+1/b12-11-,15-14-. The van der Waals surface area contributed by atoms with Crippen LogP contribution in [0.3, 0.4) is 0 Å². The average molecular weight is 611 g/mol. The first kappa shape index (κ1) is 40.8. The number of carboxylic acids is 1. The lowest BCUT2D eigenvalue weighted by molar-refractivity contribution is -0.887. The van der Waals surface area contributed by atoms with Gasteiger partial charge in [-0.1, -0.05) is 95.9 Å². The molecule has 2 atom stereocenters. The first-order chi connectivity index (χ1) is 20.6. The maximum atomic E-state index is 12.4. The van der Waals surface area contributed by atoms with Gasteiger partial charge in [-0.25, -0.2) is 4.79 Å². The van der Waals surface area contributed by atoms with E-state index in [-0.39, 0.29) is 42.7 Å². The highest BCUT2D eigenvalue weighted by molar-refractivity contribution is 5.72. The molecule has 0 heterocycles. The molecule has 43 heavy (non-hydrogen) atoms. The van der Waals surface area contributed by atoms with Crippen LogP contribution in [0.4, 0.5) is 0 Å². The third-order valence-corrected chi connectivity index (χ3v) is 7.41. The van der Waals surface area contributed by atoms with E-state index < -0.39 is 18.1 Å². The van der Waals surface area contributed by atoms with Crippen LogP contribution in [0.5, 0.6) is 0 Å². The number of aliphatic carboxylic acids is 1. The van der Waals surface area contributed by atoms with E-state index in [1.807, 2.05) is 21.1 Å². The summed E-state index contributed by atoms with van der Waals surface area (Å²) in [6.07, 6.45) is 27.1. The van der Waals surface area contributed by atoms with Gasteiger partial charge in [-0.2, -0.15) is 0 Å². The number of ether oxygens (including phenoxy) is 3. The number of nitrogens with zero attached hydrogens (tertiary/aromatic N) is 1. The number of quaternary nitrogens is 1. The molecule has 0 saturated carbocycles. The molecular formula is C35H64NO7+. The van der Waals surface area contributed by atoms with Crippen LogP contribution in [0, 0.1) is 0 Å². The average Bonchev–Trinajstić information content (AvgIpc) is 2.95. The first-order valence-electron chi connectivity index (χ1n) is 16.9. The fourth-order valence-electron chi connectivity index (χ4n) is 4.69. The molecular weight excluding hydrogens is 546 g/mol. The molecule has 1 N–H and O–H groups in total. The number of hydrogen-bond donors (Lipinski definition) is 1. The van der Waals surface area contributed by atoms with E-state index >= 15 is 0 Å². The van der Waals surface area contributed by atoms with Crippen LogP contribution < -0.4 is 0 Å². The highest BCUT2D eigenvalue weighted by Gasteiger charge is 2.31. The lowest BCUT2D eigenvalue weighted by atomic mass is 10.1. The Hall–Kier alpha value is -2.19. The van der Waals surface area contributed by atoms with Gasteiger partial charge in [0.15, 0.2) is 12.1 Å². The van der Waals surface area contributed by atoms with E-state index in [1.54, 1.807) is 6.92 Å². The normalized spacial score (nSPS) is 13.4. The molecule has 0 aromatic rings. The molecule has 0 saturated heterocycles. The Bertz CT molecular complexity index is 773. The SMILES string of the molecule is CCCCC/C=C\C/C=C\CCCCCCCCCCCC(=O)OC(COCCC(C(=O)O)[N+](C)(C)C)COC(=O)CC. The summed E-state index contributed by atoms with van der Waals surface area (Å²) in [6, 6.07) is -0.608. The van der Waals surface area contributed by atoms with Crippen LogP contribution in [0.1, 0.15) is 129 Å². The second kappa shape index (κ2) is 27.4. The second-order valence-corrected chi connectivity index (χ2v) is 12.4. The maximum absolute atomic E-state index is 12.4. The van der Waals surface area contributed by atoms with Crippen LogP contribution in [0.2, 0.25) is 0 Å². The fraction of sp³-hybridized carbons (Fsp3) is 0.800. The lowest BCUT2D eigenvalue weighted by Gasteiger charge is -2.31. The molecule has 0 aromatic heterocycles. The summed E-state index contributed by atoms with van der Waals surface area (Å²) in [6.45, 7) is 4.13. The molecule has 250 valence electrons.